The van der Waals surface area contributed by atoms with Crippen molar-refractivity contribution in [3.8, 4) is 5.88 Å². The molecule has 0 spiro atoms. The van der Waals surface area contributed by atoms with Gasteiger partial charge in [0.1, 0.15) is 17.9 Å². The molecule has 6 nitrogen and oxygen atoms in total. The molecule has 0 aromatic carbocycles. The van der Waals surface area contributed by atoms with Gasteiger partial charge in [0, 0.05) is 6.07 Å². The molecule has 1 aromatic heterocycles. The Morgan fingerprint density at radius 2 is 2.30 bits per heavy atom. The Morgan fingerprint density at radius 1 is 1.60 bits per heavy atom. The van der Waals surface area contributed by atoms with Crippen molar-refractivity contribution in [3.05, 3.63) is 11.8 Å². The van der Waals surface area contributed by atoms with Crippen molar-refractivity contribution in [1.82, 2.24) is 15.1 Å². The molecule has 0 bridgehead atoms. The summed E-state index contributed by atoms with van der Waals surface area (Å²) in [5.74, 6) is 0.280. The van der Waals surface area contributed by atoms with E-state index in [1.165, 1.54) is 10.7 Å². The molecule has 0 fully saturated rings. The van der Waals surface area contributed by atoms with E-state index < -0.39 is 18.1 Å². The van der Waals surface area contributed by atoms with Crippen molar-refractivity contribution >= 4 is 6.09 Å². The average molecular weight is 289 g/mol. The first-order chi connectivity index (χ1) is 9.24. The normalized spacial score (nSPS) is 18.4. The zero-order valence-corrected chi connectivity index (χ0v) is 11.5. The van der Waals surface area contributed by atoms with Crippen LogP contribution in [0, 0.1) is 0 Å². The van der Waals surface area contributed by atoms with Gasteiger partial charge in [-0.2, -0.15) is 5.10 Å². The fourth-order valence-corrected chi connectivity index (χ4v) is 1.78. The third kappa shape index (κ3) is 3.58. The lowest BCUT2D eigenvalue weighted by Gasteiger charge is -2.26. The third-order valence-electron chi connectivity index (χ3n) is 2.53. The first-order valence-corrected chi connectivity index (χ1v) is 6.23. The van der Waals surface area contributed by atoms with Crippen LogP contribution in [-0.4, -0.2) is 34.1 Å². The summed E-state index contributed by atoms with van der Waals surface area (Å²) in [6.45, 7) is 5.72. The second-order valence-corrected chi connectivity index (χ2v) is 5.54. The van der Waals surface area contributed by atoms with Crippen LogP contribution in [0.5, 0.6) is 5.88 Å². The summed E-state index contributed by atoms with van der Waals surface area (Å²) >= 11 is 0. The van der Waals surface area contributed by atoms with Gasteiger partial charge in [-0.3, -0.25) is 0 Å². The molecule has 112 valence electrons. The molecule has 20 heavy (non-hydrogen) atoms. The molecule has 2 heterocycles. The SMILES string of the molecule is CC(C)(C)OC(=O)NC1COc2cc(C(F)F)nn2C1. The largest absolute Gasteiger partial charge is 0.476 e. The maximum atomic E-state index is 12.5. The minimum atomic E-state index is -2.64. The molecule has 0 saturated heterocycles. The summed E-state index contributed by atoms with van der Waals surface area (Å²) in [5.41, 5.74) is -0.933. The van der Waals surface area contributed by atoms with Gasteiger partial charge < -0.3 is 14.8 Å². The van der Waals surface area contributed by atoms with Gasteiger partial charge in [-0.1, -0.05) is 0 Å². The molecular weight excluding hydrogens is 272 g/mol. The van der Waals surface area contributed by atoms with Gasteiger partial charge in [-0.25, -0.2) is 18.3 Å². The number of aromatic nitrogens is 2. The fourth-order valence-electron chi connectivity index (χ4n) is 1.78. The summed E-state index contributed by atoms with van der Waals surface area (Å²) in [6, 6.07) is 0.830. The van der Waals surface area contributed by atoms with Crippen LogP contribution in [-0.2, 0) is 11.3 Å². The summed E-state index contributed by atoms with van der Waals surface area (Å²) < 4.78 is 36.8. The van der Waals surface area contributed by atoms with Crippen LogP contribution in [0.4, 0.5) is 13.6 Å². The predicted molar refractivity (Wildman–Crippen MR) is 65.8 cm³/mol. The number of rotatable bonds is 2. The minimum Gasteiger partial charge on any atom is -0.476 e. The van der Waals surface area contributed by atoms with Gasteiger partial charge >= 0.3 is 6.09 Å². The summed E-state index contributed by atoms with van der Waals surface area (Å²) in [5, 5.41) is 6.35. The molecule has 1 atom stereocenters. The highest BCUT2D eigenvalue weighted by Gasteiger charge is 2.26. The third-order valence-corrected chi connectivity index (χ3v) is 2.53. The van der Waals surface area contributed by atoms with E-state index in [9.17, 15) is 13.6 Å². The topological polar surface area (TPSA) is 65.4 Å². The highest BCUT2D eigenvalue weighted by molar-refractivity contribution is 5.68. The Morgan fingerprint density at radius 3 is 2.90 bits per heavy atom. The zero-order valence-electron chi connectivity index (χ0n) is 11.5. The van der Waals surface area contributed by atoms with Gasteiger partial charge in [0.15, 0.2) is 0 Å². The Kier molecular flexibility index (Phi) is 3.82. The van der Waals surface area contributed by atoms with Gasteiger partial charge in [0.05, 0.1) is 12.6 Å². The molecule has 1 amide bonds. The molecule has 0 saturated carbocycles. The summed E-state index contributed by atoms with van der Waals surface area (Å²) in [7, 11) is 0. The van der Waals surface area contributed by atoms with Crippen LogP contribution < -0.4 is 10.1 Å². The molecule has 1 aromatic rings. The zero-order chi connectivity index (χ0) is 14.9. The number of amides is 1. The Balaban J connectivity index is 1.95. The van der Waals surface area contributed by atoms with E-state index in [0.29, 0.717) is 0 Å². The first kappa shape index (κ1) is 14.5. The van der Waals surface area contributed by atoms with Gasteiger partial charge in [0.2, 0.25) is 5.88 Å². The monoisotopic (exact) mass is 289 g/mol. The molecular formula is C12H17F2N3O3. The number of fused-ring (bicyclic) bond motifs is 1. The van der Waals surface area contributed by atoms with E-state index in [4.69, 9.17) is 9.47 Å². The maximum absolute atomic E-state index is 12.5. The van der Waals surface area contributed by atoms with Gasteiger partial charge in [0.25, 0.3) is 6.43 Å². The van der Waals surface area contributed by atoms with Crippen molar-refractivity contribution in [2.45, 2.75) is 45.4 Å². The van der Waals surface area contributed by atoms with E-state index in [1.54, 1.807) is 20.8 Å². The Bertz CT molecular complexity index is 497. The predicted octanol–water partition coefficient (Wildman–Crippen LogP) is 2.11. The number of alkyl halides is 2. The van der Waals surface area contributed by atoms with Crippen LogP contribution in [0.1, 0.15) is 32.9 Å². The summed E-state index contributed by atoms with van der Waals surface area (Å²) in [4.78, 5) is 11.6. The van der Waals surface area contributed by atoms with Crippen molar-refractivity contribution in [3.63, 3.8) is 0 Å². The van der Waals surface area contributed by atoms with Crippen molar-refractivity contribution in [1.29, 1.82) is 0 Å². The minimum absolute atomic E-state index is 0.188. The highest BCUT2D eigenvalue weighted by Crippen LogP contribution is 2.25. The molecule has 1 unspecified atom stereocenters. The quantitative estimate of drug-likeness (QED) is 0.905. The number of carbonyl (C=O) groups is 1. The number of hydrogen-bond acceptors (Lipinski definition) is 4. The molecule has 1 aliphatic rings. The standard InChI is InChI=1S/C12H17F2N3O3/c1-12(2,3)20-11(18)15-7-5-17-9(19-6-7)4-8(16-17)10(13)14/h4,7,10H,5-6H2,1-3H3,(H,15,18). The Hall–Kier alpha value is -1.86. The second kappa shape index (κ2) is 5.26. The van der Waals surface area contributed by atoms with E-state index >= 15 is 0 Å². The lowest BCUT2D eigenvalue weighted by atomic mass is 10.2. The van der Waals surface area contributed by atoms with E-state index in [2.05, 4.69) is 10.4 Å². The number of nitrogens with one attached hydrogen (secondary N) is 1. The number of alkyl carbamates (subject to hydrolysis) is 1. The van der Waals surface area contributed by atoms with Crippen LogP contribution in [0.15, 0.2) is 6.07 Å². The first-order valence-electron chi connectivity index (χ1n) is 6.23. The maximum Gasteiger partial charge on any atom is 0.408 e. The van der Waals surface area contributed by atoms with E-state index in [1.807, 2.05) is 0 Å². The van der Waals surface area contributed by atoms with Crippen LogP contribution in [0.25, 0.3) is 0 Å². The lowest BCUT2D eigenvalue weighted by Crippen LogP contribution is -2.46. The second-order valence-electron chi connectivity index (χ2n) is 5.54. The van der Waals surface area contributed by atoms with E-state index in [0.717, 1.165) is 0 Å². The van der Waals surface area contributed by atoms with Crippen molar-refractivity contribution < 1.29 is 23.0 Å². The molecule has 1 N–H and O–H groups in total. The van der Waals surface area contributed by atoms with Gasteiger partial charge in [-0.15, -0.1) is 0 Å². The summed E-state index contributed by atoms with van der Waals surface area (Å²) in [6.07, 6.45) is -3.22. The van der Waals surface area contributed by atoms with E-state index in [-0.39, 0.29) is 30.8 Å². The Labute approximate surface area is 115 Å². The van der Waals surface area contributed by atoms with Crippen LogP contribution in [0.3, 0.4) is 0 Å². The number of hydrogen-bond donors (Lipinski definition) is 1. The smallest absolute Gasteiger partial charge is 0.408 e. The fraction of sp³-hybridized carbons (Fsp3) is 0.667. The highest BCUT2D eigenvalue weighted by atomic mass is 19.3. The molecule has 0 radical (unpaired) electrons. The van der Waals surface area contributed by atoms with Crippen molar-refractivity contribution in [2.24, 2.45) is 0 Å². The number of halogens is 2. The van der Waals surface area contributed by atoms with Crippen LogP contribution >= 0.6 is 0 Å². The van der Waals surface area contributed by atoms with Crippen molar-refractivity contribution in [2.75, 3.05) is 6.61 Å². The van der Waals surface area contributed by atoms with Crippen LogP contribution in [0.2, 0.25) is 0 Å². The number of carbonyl (C=O) groups excluding carboxylic acids is 1. The molecule has 0 aliphatic carbocycles. The number of ether oxygens (including phenoxy) is 2. The molecule has 2 rings (SSSR count). The molecule has 1 aliphatic heterocycles. The lowest BCUT2D eigenvalue weighted by molar-refractivity contribution is 0.0460. The van der Waals surface area contributed by atoms with Gasteiger partial charge in [-0.05, 0) is 20.8 Å². The number of nitrogens with zero attached hydrogens (tertiary/aromatic N) is 2. The average Bonchev–Trinajstić information content (AvgIpc) is 2.69. The molecule has 8 heteroatoms.